The van der Waals surface area contributed by atoms with Crippen molar-refractivity contribution in [2.45, 2.75) is 0 Å². The Labute approximate surface area is 81.5 Å². The lowest BCUT2D eigenvalue weighted by molar-refractivity contribution is 1.22. The number of rotatable bonds is 1. The maximum Gasteiger partial charge on any atom is 0.224 e. The summed E-state index contributed by atoms with van der Waals surface area (Å²) in [4.78, 5) is 14.8. The van der Waals surface area contributed by atoms with Crippen molar-refractivity contribution >= 4 is 45.8 Å². The van der Waals surface area contributed by atoms with E-state index in [2.05, 4.69) is 23.5 Å². The molecule has 62 valence electrons. The second-order valence-electron chi connectivity index (χ2n) is 2.13. The average Bonchev–Trinajstić information content (AvgIpc) is 2.50. The average molecular weight is 276 g/mol. The molecular formula is C5H5IN6. The molecule has 0 amide bonds. The Balaban J connectivity index is 2.80. The van der Waals surface area contributed by atoms with Gasteiger partial charge in [-0.3, -0.25) is 0 Å². The van der Waals surface area contributed by atoms with Crippen molar-refractivity contribution in [3.05, 3.63) is 6.33 Å². The molecule has 2 aromatic rings. The van der Waals surface area contributed by atoms with Crippen LogP contribution in [0.3, 0.4) is 0 Å². The van der Waals surface area contributed by atoms with Crippen molar-refractivity contribution in [2.75, 3.05) is 9.26 Å². The first-order chi connectivity index (χ1) is 5.81. The van der Waals surface area contributed by atoms with E-state index in [0.29, 0.717) is 11.5 Å². The molecule has 0 aliphatic heterocycles. The van der Waals surface area contributed by atoms with Crippen molar-refractivity contribution in [1.29, 1.82) is 0 Å². The largest absolute Gasteiger partial charge is 0.368 e. The number of nitrogens with two attached hydrogens (primary N) is 1. The number of nitrogens with one attached hydrogen (secondary N) is 2. The maximum atomic E-state index is 5.44. The number of nitrogen functional groups attached to an aromatic ring is 1. The summed E-state index contributed by atoms with van der Waals surface area (Å²) in [5, 5.41) is 0. The summed E-state index contributed by atoms with van der Waals surface area (Å²) < 4.78 is 2.86. The van der Waals surface area contributed by atoms with Gasteiger partial charge >= 0.3 is 0 Å². The van der Waals surface area contributed by atoms with Crippen LogP contribution in [0, 0.1) is 0 Å². The molecular weight excluding hydrogens is 271 g/mol. The third-order valence-corrected chi connectivity index (χ3v) is 1.90. The zero-order chi connectivity index (χ0) is 8.55. The van der Waals surface area contributed by atoms with Gasteiger partial charge in [-0.15, -0.1) is 0 Å². The number of anilines is 2. The number of fused-ring (bicyclic) bond motifs is 1. The summed E-state index contributed by atoms with van der Waals surface area (Å²) >= 11 is 1.97. The van der Waals surface area contributed by atoms with Crippen LogP contribution in [0.5, 0.6) is 0 Å². The van der Waals surface area contributed by atoms with E-state index in [4.69, 9.17) is 5.73 Å². The van der Waals surface area contributed by atoms with E-state index in [-0.39, 0.29) is 5.95 Å². The smallest absolute Gasteiger partial charge is 0.224 e. The second kappa shape index (κ2) is 2.73. The van der Waals surface area contributed by atoms with Gasteiger partial charge < -0.3 is 14.2 Å². The highest BCUT2D eigenvalue weighted by Crippen LogP contribution is 2.17. The summed E-state index contributed by atoms with van der Waals surface area (Å²) in [5.74, 6) is 0.865. The Morgan fingerprint density at radius 2 is 2.33 bits per heavy atom. The molecule has 0 radical (unpaired) electrons. The molecule has 0 saturated heterocycles. The van der Waals surface area contributed by atoms with Gasteiger partial charge in [-0.05, 0) is 0 Å². The van der Waals surface area contributed by atoms with Gasteiger partial charge in [-0.25, -0.2) is 4.98 Å². The van der Waals surface area contributed by atoms with Gasteiger partial charge in [0, 0.05) is 0 Å². The van der Waals surface area contributed by atoms with Crippen LogP contribution in [0.4, 0.5) is 11.8 Å². The van der Waals surface area contributed by atoms with Crippen LogP contribution in [0.1, 0.15) is 0 Å². The molecule has 0 atom stereocenters. The molecule has 0 bridgehead atoms. The van der Waals surface area contributed by atoms with Gasteiger partial charge in [0.15, 0.2) is 11.5 Å². The molecule has 2 aromatic heterocycles. The number of hydrogen-bond donors (Lipinski definition) is 3. The highest BCUT2D eigenvalue weighted by Gasteiger charge is 2.05. The molecule has 4 N–H and O–H groups in total. The summed E-state index contributed by atoms with van der Waals surface area (Å²) in [6.07, 6.45) is 1.55. The lowest BCUT2D eigenvalue weighted by atomic mass is 10.5. The minimum Gasteiger partial charge on any atom is -0.368 e. The van der Waals surface area contributed by atoms with Crippen LogP contribution in [0.2, 0.25) is 0 Å². The predicted octanol–water partition coefficient (Wildman–Crippen LogP) is 0.697. The summed E-state index contributed by atoms with van der Waals surface area (Å²) in [6.45, 7) is 0. The second-order valence-corrected chi connectivity index (χ2v) is 2.67. The van der Waals surface area contributed by atoms with E-state index in [9.17, 15) is 0 Å². The highest BCUT2D eigenvalue weighted by atomic mass is 127. The van der Waals surface area contributed by atoms with Gasteiger partial charge in [0.2, 0.25) is 5.95 Å². The van der Waals surface area contributed by atoms with Crippen LogP contribution < -0.4 is 9.26 Å². The fourth-order valence-corrected chi connectivity index (χ4v) is 1.31. The van der Waals surface area contributed by atoms with Crippen LogP contribution in [0.15, 0.2) is 6.33 Å². The summed E-state index contributed by atoms with van der Waals surface area (Å²) in [5.41, 5.74) is 6.77. The quantitative estimate of drug-likeness (QED) is 0.526. The highest BCUT2D eigenvalue weighted by molar-refractivity contribution is 14.1. The first-order valence-electron chi connectivity index (χ1n) is 3.14. The lowest BCUT2D eigenvalue weighted by Crippen LogP contribution is -1.97. The Bertz CT molecular complexity index is 409. The fourth-order valence-electron chi connectivity index (χ4n) is 0.918. The molecule has 0 aliphatic carbocycles. The van der Waals surface area contributed by atoms with Crippen molar-refractivity contribution < 1.29 is 0 Å². The van der Waals surface area contributed by atoms with Gasteiger partial charge in [0.25, 0.3) is 0 Å². The number of H-pyrrole nitrogens is 1. The molecule has 0 unspecified atom stereocenters. The van der Waals surface area contributed by atoms with Crippen LogP contribution >= 0.6 is 22.9 Å². The molecule has 2 heterocycles. The molecule has 0 aromatic carbocycles. The van der Waals surface area contributed by atoms with E-state index in [0.717, 1.165) is 5.52 Å². The molecule has 12 heavy (non-hydrogen) atoms. The van der Waals surface area contributed by atoms with Crippen molar-refractivity contribution in [2.24, 2.45) is 0 Å². The zero-order valence-corrected chi connectivity index (χ0v) is 8.03. The number of aromatic nitrogens is 4. The normalized spacial score (nSPS) is 10.4. The standard InChI is InChI=1S/C5H5IN6/c6-12-4-2-3(9-1-8-2)10-5(7)11-4/h1H,(H4,7,8,9,10,11,12). The van der Waals surface area contributed by atoms with Gasteiger partial charge in [-0.1, -0.05) is 0 Å². The van der Waals surface area contributed by atoms with Crippen molar-refractivity contribution in [3.63, 3.8) is 0 Å². The van der Waals surface area contributed by atoms with E-state index in [1.54, 1.807) is 6.33 Å². The minimum atomic E-state index is 0.216. The van der Waals surface area contributed by atoms with E-state index >= 15 is 0 Å². The molecule has 6 nitrogen and oxygen atoms in total. The molecule has 0 saturated carbocycles. The first kappa shape index (κ1) is 7.53. The Kier molecular flexibility index (Phi) is 1.71. The predicted molar refractivity (Wildman–Crippen MR) is 53.7 cm³/mol. The maximum absolute atomic E-state index is 5.44. The molecule has 0 fully saturated rings. The zero-order valence-electron chi connectivity index (χ0n) is 5.87. The van der Waals surface area contributed by atoms with E-state index in [1.165, 1.54) is 0 Å². The molecule has 0 spiro atoms. The van der Waals surface area contributed by atoms with Gasteiger partial charge in [0.1, 0.15) is 5.52 Å². The monoisotopic (exact) mass is 276 g/mol. The minimum absolute atomic E-state index is 0.216. The lowest BCUT2D eigenvalue weighted by Gasteiger charge is -1.98. The third kappa shape index (κ3) is 1.05. The molecule has 0 aliphatic rings. The molecule has 7 heteroatoms. The van der Waals surface area contributed by atoms with Crippen LogP contribution in [0.25, 0.3) is 11.2 Å². The first-order valence-corrected chi connectivity index (χ1v) is 4.22. The Morgan fingerprint density at radius 3 is 3.08 bits per heavy atom. The molecule has 2 rings (SSSR count). The van der Waals surface area contributed by atoms with Crippen molar-refractivity contribution in [3.8, 4) is 0 Å². The van der Waals surface area contributed by atoms with Gasteiger partial charge in [-0.2, -0.15) is 9.97 Å². The fraction of sp³-hybridized carbons (Fsp3) is 0. The van der Waals surface area contributed by atoms with Gasteiger partial charge in [0.05, 0.1) is 29.2 Å². The Morgan fingerprint density at radius 1 is 1.50 bits per heavy atom. The number of halogens is 1. The SMILES string of the molecule is Nc1nc(NI)c2[nH]cnc2n1. The number of hydrogen-bond acceptors (Lipinski definition) is 5. The van der Waals surface area contributed by atoms with E-state index in [1.807, 2.05) is 22.9 Å². The van der Waals surface area contributed by atoms with Crippen LogP contribution in [-0.4, -0.2) is 19.9 Å². The van der Waals surface area contributed by atoms with Crippen molar-refractivity contribution in [1.82, 2.24) is 19.9 Å². The number of aromatic amines is 1. The Hall–Kier alpha value is -1.12. The number of imidazole rings is 1. The number of nitrogens with zero attached hydrogens (tertiary/aromatic N) is 3. The van der Waals surface area contributed by atoms with E-state index < -0.39 is 0 Å². The topological polar surface area (TPSA) is 92.5 Å². The third-order valence-electron chi connectivity index (χ3n) is 1.39. The van der Waals surface area contributed by atoms with Crippen LogP contribution in [-0.2, 0) is 0 Å². The summed E-state index contributed by atoms with van der Waals surface area (Å²) in [7, 11) is 0. The summed E-state index contributed by atoms with van der Waals surface area (Å²) in [6, 6.07) is 0.